The van der Waals surface area contributed by atoms with Gasteiger partial charge in [-0.3, -0.25) is 19.8 Å². The Bertz CT molecular complexity index is 241. The van der Waals surface area contributed by atoms with Gasteiger partial charge in [0.25, 0.3) is 0 Å². The summed E-state index contributed by atoms with van der Waals surface area (Å²) in [6.45, 7) is 0.289. The van der Waals surface area contributed by atoms with E-state index in [9.17, 15) is 14.4 Å². The third-order valence-electron chi connectivity index (χ3n) is 1.42. The van der Waals surface area contributed by atoms with Crippen molar-refractivity contribution in [2.75, 3.05) is 18.6 Å². The fourth-order valence-corrected chi connectivity index (χ4v) is 1.18. The van der Waals surface area contributed by atoms with Gasteiger partial charge in [0.2, 0.25) is 0 Å². The maximum Gasteiger partial charge on any atom is 0.331 e. The largest absolute Gasteiger partial charge is 0.331 e. The lowest BCUT2D eigenvalue weighted by Gasteiger charge is -2.08. The zero-order chi connectivity index (χ0) is 9.14. The first-order valence-electron chi connectivity index (χ1n) is 3.32. The van der Waals surface area contributed by atoms with Crippen molar-refractivity contribution in [3.8, 4) is 0 Å². The molecule has 1 aliphatic rings. The normalized spacial score (nSPS) is 17.1. The lowest BCUT2D eigenvalue weighted by Crippen LogP contribution is -2.32. The van der Waals surface area contributed by atoms with Crippen LogP contribution in [-0.2, 0) is 9.59 Å². The number of hydrogen-bond donors (Lipinski definition) is 1. The van der Waals surface area contributed by atoms with E-state index in [4.69, 9.17) is 0 Å². The predicted octanol–water partition coefficient (Wildman–Crippen LogP) is -0.572. The minimum absolute atomic E-state index is 0.289. The second-order valence-corrected chi connectivity index (χ2v) is 3.19. The quantitative estimate of drug-likeness (QED) is 0.475. The van der Waals surface area contributed by atoms with Gasteiger partial charge in [0.05, 0.1) is 0 Å². The van der Waals surface area contributed by atoms with Gasteiger partial charge in [-0.2, -0.15) is 11.8 Å². The van der Waals surface area contributed by atoms with Gasteiger partial charge >= 0.3 is 17.8 Å². The third-order valence-corrected chi connectivity index (χ3v) is 2.01. The summed E-state index contributed by atoms with van der Waals surface area (Å²) in [6, 6.07) is -0.612. The average Bonchev–Trinajstić information content (AvgIpc) is 2.25. The zero-order valence-corrected chi connectivity index (χ0v) is 7.31. The number of urea groups is 1. The SMILES string of the molecule is CSCCN1C(=O)NC(=O)C1=O. The Kier molecular flexibility index (Phi) is 2.69. The summed E-state index contributed by atoms with van der Waals surface area (Å²) in [7, 11) is 0. The first kappa shape index (κ1) is 9.05. The molecule has 5 nitrogen and oxygen atoms in total. The fraction of sp³-hybridized carbons (Fsp3) is 0.500. The van der Waals surface area contributed by atoms with Gasteiger partial charge in [-0.25, -0.2) is 4.79 Å². The second kappa shape index (κ2) is 3.57. The van der Waals surface area contributed by atoms with E-state index in [0.29, 0.717) is 5.75 Å². The Morgan fingerprint density at radius 2 is 2.08 bits per heavy atom. The summed E-state index contributed by atoms with van der Waals surface area (Å²) in [4.78, 5) is 33.3. The molecular weight excluding hydrogens is 180 g/mol. The molecule has 0 atom stereocenters. The second-order valence-electron chi connectivity index (χ2n) is 2.21. The molecule has 1 heterocycles. The number of imide groups is 2. The van der Waals surface area contributed by atoms with Crippen molar-refractivity contribution in [1.82, 2.24) is 10.2 Å². The summed E-state index contributed by atoms with van der Waals surface area (Å²) in [5, 5.41) is 1.91. The summed E-state index contributed by atoms with van der Waals surface area (Å²) in [5.74, 6) is -0.943. The van der Waals surface area contributed by atoms with Crippen molar-refractivity contribution in [1.29, 1.82) is 0 Å². The first-order valence-corrected chi connectivity index (χ1v) is 4.72. The molecule has 1 fully saturated rings. The number of hydrogen-bond acceptors (Lipinski definition) is 4. The molecule has 0 saturated carbocycles. The summed E-state index contributed by atoms with van der Waals surface area (Å²) in [5.41, 5.74) is 0. The van der Waals surface area contributed by atoms with Crippen LogP contribution in [0.15, 0.2) is 0 Å². The van der Waals surface area contributed by atoms with Gasteiger partial charge in [-0.15, -0.1) is 0 Å². The number of carbonyl (C=O) groups excluding carboxylic acids is 3. The van der Waals surface area contributed by atoms with E-state index < -0.39 is 17.8 Å². The minimum atomic E-state index is -0.832. The lowest BCUT2D eigenvalue weighted by molar-refractivity contribution is -0.140. The summed E-state index contributed by atoms with van der Waals surface area (Å²) in [6.07, 6.45) is 1.86. The lowest BCUT2D eigenvalue weighted by atomic mass is 10.5. The molecule has 1 aliphatic heterocycles. The van der Waals surface area contributed by atoms with E-state index in [-0.39, 0.29) is 6.54 Å². The molecule has 0 unspecified atom stereocenters. The monoisotopic (exact) mass is 188 g/mol. The Balaban J connectivity index is 2.58. The van der Waals surface area contributed by atoms with Gasteiger partial charge in [-0.1, -0.05) is 0 Å². The van der Waals surface area contributed by atoms with Gasteiger partial charge in [-0.05, 0) is 6.26 Å². The average molecular weight is 188 g/mol. The van der Waals surface area contributed by atoms with E-state index in [1.54, 1.807) is 0 Å². The minimum Gasteiger partial charge on any atom is -0.269 e. The van der Waals surface area contributed by atoms with Crippen LogP contribution < -0.4 is 5.32 Å². The van der Waals surface area contributed by atoms with Crippen LogP contribution in [0.3, 0.4) is 0 Å². The molecule has 0 spiro atoms. The highest BCUT2D eigenvalue weighted by atomic mass is 32.2. The molecule has 66 valence electrons. The molecule has 0 aromatic heterocycles. The molecule has 4 amide bonds. The topological polar surface area (TPSA) is 66.5 Å². The molecule has 6 heteroatoms. The van der Waals surface area contributed by atoms with Crippen molar-refractivity contribution in [3.05, 3.63) is 0 Å². The number of amides is 4. The summed E-state index contributed by atoms with van der Waals surface area (Å²) < 4.78 is 0. The molecule has 1 N–H and O–H groups in total. The van der Waals surface area contributed by atoms with Crippen LogP contribution >= 0.6 is 11.8 Å². The Hall–Kier alpha value is -1.04. The Morgan fingerprint density at radius 3 is 2.50 bits per heavy atom. The number of rotatable bonds is 3. The Morgan fingerprint density at radius 1 is 1.42 bits per heavy atom. The molecule has 1 saturated heterocycles. The van der Waals surface area contributed by atoms with Gasteiger partial charge < -0.3 is 0 Å². The van der Waals surface area contributed by atoms with Crippen LogP contribution in [0.1, 0.15) is 0 Å². The molecular formula is C6H8N2O3S. The van der Waals surface area contributed by atoms with Gasteiger partial charge in [0.1, 0.15) is 0 Å². The highest BCUT2D eigenvalue weighted by molar-refractivity contribution is 7.98. The van der Waals surface area contributed by atoms with Crippen LogP contribution in [0, 0.1) is 0 Å². The zero-order valence-electron chi connectivity index (χ0n) is 6.49. The van der Waals surface area contributed by atoms with Crippen LogP contribution in [0.4, 0.5) is 4.79 Å². The van der Waals surface area contributed by atoms with Gasteiger partial charge in [0.15, 0.2) is 0 Å². The number of nitrogens with zero attached hydrogens (tertiary/aromatic N) is 1. The van der Waals surface area contributed by atoms with Crippen molar-refractivity contribution >= 4 is 29.6 Å². The van der Waals surface area contributed by atoms with E-state index in [0.717, 1.165) is 4.90 Å². The molecule has 0 bridgehead atoms. The molecule has 0 aromatic carbocycles. The fourth-order valence-electron chi connectivity index (χ4n) is 0.819. The number of thioether (sulfide) groups is 1. The highest BCUT2D eigenvalue weighted by Gasteiger charge is 2.35. The molecule has 0 aromatic rings. The summed E-state index contributed by atoms with van der Waals surface area (Å²) >= 11 is 1.51. The van der Waals surface area contributed by atoms with E-state index >= 15 is 0 Å². The predicted molar refractivity (Wildman–Crippen MR) is 43.6 cm³/mol. The molecule has 12 heavy (non-hydrogen) atoms. The number of nitrogens with one attached hydrogen (secondary N) is 1. The Labute approximate surface area is 73.5 Å². The van der Waals surface area contributed by atoms with Crippen molar-refractivity contribution < 1.29 is 14.4 Å². The maximum absolute atomic E-state index is 10.9. The first-order chi connectivity index (χ1) is 5.66. The van der Waals surface area contributed by atoms with E-state index in [1.165, 1.54) is 11.8 Å². The van der Waals surface area contributed by atoms with Crippen LogP contribution in [0.2, 0.25) is 0 Å². The van der Waals surface area contributed by atoms with Crippen LogP contribution in [0.25, 0.3) is 0 Å². The van der Waals surface area contributed by atoms with E-state index in [2.05, 4.69) is 0 Å². The van der Waals surface area contributed by atoms with Crippen molar-refractivity contribution in [2.45, 2.75) is 0 Å². The standard InChI is InChI=1S/C6H8N2O3S/c1-12-3-2-8-5(10)4(9)7-6(8)11/h2-3H2,1H3,(H,7,9,11). The molecule has 0 radical (unpaired) electrons. The number of carbonyl (C=O) groups is 3. The van der Waals surface area contributed by atoms with Crippen molar-refractivity contribution in [3.63, 3.8) is 0 Å². The van der Waals surface area contributed by atoms with E-state index in [1.807, 2.05) is 11.6 Å². The molecule has 0 aliphatic carbocycles. The maximum atomic E-state index is 10.9. The third kappa shape index (κ3) is 1.58. The van der Waals surface area contributed by atoms with Crippen molar-refractivity contribution in [2.24, 2.45) is 0 Å². The van der Waals surface area contributed by atoms with Crippen LogP contribution in [-0.4, -0.2) is 41.3 Å². The van der Waals surface area contributed by atoms with Crippen LogP contribution in [0.5, 0.6) is 0 Å². The molecule has 1 rings (SSSR count). The highest BCUT2D eigenvalue weighted by Crippen LogP contribution is 2.02. The smallest absolute Gasteiger partial charge is 0.269 e. The van der Waals surface area contributed by atoms with Gasteiger partial charge in [0, 0.05) is 12.3 Å².